The monoisotopic (exact) mass is 330 g/mol. The third-order valence-corrected chi connectivity index (χ3v) is 5.40. The van der Waals surface area contributed by atoms with Gasteiger partial charge in [-0.2, -0.15) is 0 Å². The van der Waals surface area contributed by atoms with E-state index in [9.17, 15) is 13.2 Å². The van der Waals surface area contributed by atoms with E-state index in [-0.39, 0.29) is 16.8 Å². The van der Waals surface area contributed by atoms with Gasteiger partial charge in [-0.1, -0.05) is 24.3 Å². The minimum atomic E-state index is -3.59. The van der Waals surface area contributed by atoms with E-state index in [0.29, 0.717) is 5.69 Å². The van der Waals surface area contributed by atoms with Crippen LogP contribution in [0.2, 0.25) is 0 Å². The number of aryl methyl sites for hydroxylation is 1. The normalized spacial score (nSPS) is 16.8. The van der Waals surface area contributed by atoms with Crippen molar-refractivity contribution in [3.63, 3.8) is 0 Å². The van der Waals surface area contributed by atoms with E-state index in [4.69, 9.17) is 0 Å². The summed E-state index contributed by atoms with van der Waals surface area (Å²) in [6.45, 7) is 1.41. The van der Waals surface area contributed by atoms with Gasteiger partial charge in [-0.3, -0.25) is 4.79 Å². The predicted octanol–water partition coefficient (Wildman–Crippen LogP) is 2.61. The van der Waals surface area contributed by atoms with Crippen LogP contribution in [0.25, 0.3) is 0 Å². The van der Waals surface area contributed by atoms with Gasteiger partial charge in [-0.25, -0.2) is 13.1 Å². The molecule has 1 amide bonds. The smallest absolute Gasteiger partial charge is 0.241 e. The Balaban J connectivity index is 1.79. The molecule has 3 rings (SSSR count). The molecule has 0 fully saturated rings. The zero-order valence-electron chi connectivity index (χ0n) is 12.7. The third-order valence-electron chi connectivity index (χ3n) is 3.92. The molecular weight excluding hydrogens is 312 g/mol. The Labute approximate surface area is 135 Å². The highest BCUT2D eigenvalue weighted by molar-refractivity contribution is 7.89. The number of fused-ring (bicyclic) bond motifs is 1. The zero-order chi connectivity index (χ0) is 16.4. The van der Waals surface area contributed by atoms with E-state index in [1.807, 2.05) is 24.3 Å². The van der Waals surface area contributed by atoms with Crippen molar-refractivity contribution in [2.24, 2.45) is 0 Å². The lowest BCUT2D eigenvalue weighted by molar-refractivity contribution is -0.114. The topological polar surface area (TPSA) is 75.3 Å². The van der Waals surface area contributed by atoms with Crippen molar-refractivity contribution in [3.8, 4) is 0 Å². The fourth-order valence-electron chi connectivity index (χ4n) is 2.86. The molecule has 0 bridgehead atoms. The summed E-state index contributed by atoms with van der Waals surface area (Å²) in [6, 6.07) is 13.9. The van der Waals surface area contributed by atoms with Crippen molar-refractivity contribution in [1.82, 2.24) is 4.72 Å². The summed E-state index contributed by atoms with van der Waals surface area (Å²) in [6.07, 6.45) is 1.65. The summed E-state index contributed by atoms with van der Waals surface area (Å²) in [5.74, 6) is -0.193. The van der Waals surface area contributed by atoms with E-state index in [1.54, 1.807) is 12.1 Å². The van der Waals surface area contributed by atoms with Gasteiger partial charge in [0.1, 0.15) is 0 Å². The summed E-state index contributed by atoms with van der Waals surface area (Å²) in [7, 11) is -3.59. The molecule has 1 aliphatic carbocycles. The highest BCUT2D eigenvalue weighted by Gasteiger charge is 2.27. The molecule has 0 heterocycles. The Bertz CT molecular complexity index is 829. The lowest BCUT2D eigenvalue weighted by Crippen LogP contribution is -2.27. The van der Waals surface area contributed by atoms with Gasteiger partial charge >= 0.3 is 0 Å². The Morgan fingerprint density at radius 3 is 2.48 bits per heavy atom. The molecule has 1 aliphatic rings. The van der Waals surface area contributed by atoms with E-state index < -0.39 is 10.0 Å². The minimum Gasteiger partial charge on any atom is -0.326 e. The first-order valence-corrected chi connectivity index (χ1v) is 8.92. The van der Waals surface area contributed by atoms with Gasteiger partial charge in [-0.15, -0.1) is 0 Å². The molecule has 0 saturated carbocycles. The van der Waals surface area contributed by atoms with E-state index in [2.05, 4.69) is 10.0 Å². The molecule has 0 aromatic heterocycles. The first-order chi connectivity index (χ1) is 11.0. The van der Waals surface area contributed by atoms with Crippen LogP contribution in [0.15, 0.2) is 53.4 Å². The van der Waals surface area contributed by atoms with Gasteiger partial charge in [0.2, 0.25) is 15.9 Å². The van der Waals surface area contributed by atoms with Crippen LogP contribution in [0.1, 0.15) is 30.5 Å². The fourth-order valence-corrected chi connectivity index (χ4v) is 4.11. The van der Waals surface area contributed by atoms with Crippen molar-refractivity contribution in [1.29, 1.82) is 0 Å². The van der Waals surface area contributed by atoms with E-state index >= 15 is 0 Å². The van der Waals surface area contributed by atoms with Gasteiger partial charge < -0.3 is 5.32 Å². The van der Waals surface area contributed by atoms with Crippen molar-refractivity contribution in [3.05, 3.63) is 59.7 Å². The Morgan fingerprint density at radius 1 is 1.09 bits per heavy atom. The number of rotatable bonds is 4. The number of hydrogen-bond acceptors (Lipinski definition) is 3. The molecule has 120 valence electrons. The van der Waals surface area contributed by atoms with Crippen molar-refractivity contribution in [2.75, 3.05) is 5.32 Å². The maximum atomic E-state index is 12.5. The van der Waals surface area contributed by atoms with Crippen LogP contribution in [0.4, 0.5) is 5.69 Å². The van der Waals surface area contributed by atoms with E-state index in [1.165, 1.54) is 24.6 Å². The summed E-state index contributed by atoms with van der Waals surface area (Å²) < 4.78 is 27.8. The van der Waals surface area contributed by atoms with Crippen molar-refractivity contribution < 1.29 is 13.2 Å². The summed E-state index contributed by atoms with van der Waals surface area (Å²) in [5.41, 5.74) is 2.81. The number of sulfonamides is 1. The van der Waals surface area contributed by atoms with Crippen LogP contribution < -0.4 is 10.0 Å². The summed E-state index contributed by atoms with van der Waals surface area (Å²) in [4.78, 5) is 11.2. The average molecular weight is 330 g/mol. The van der Waals surface area contributed by atoms with Gasteiger partial charge in [-0.05, 0) is 48.2 Å². The molecule has 0 saturated heterocycles. The van der Waals surface area contributed by atoms with E-state index in [0.717, 1.165) is 18.4 Å². The Kier molecular flexibility index (Phi) is 4.19. The molecule has 6 heteroatoms. The number of carbonyl (C=O) groups is 1. The predicted molar refractivity (Wildman–Crippen MR) is 88.6 cm³/mol. The number of nitrogens with one attached hydrogen (secondary N) is 2. The third kappa shape index (κ3) is 3.43. The number of hydrogen-bond donors (Lipinski definition) is 2. The molecule has 5 nitrogen and oxygen atoms in total. The molecule has 0 spiro atoms. The van der Waals surface area contributed by atoms with Crippen LogP contribution in [-0.4, -0.2) is 14.3 Å². The highest BCUT2D eigenvalue weighted by Crippen LogP contribution is 2.32. The van der Waals surface area contributed by atoms with Crippen LogP contribution in [0, 0.1) is 0 Å². The second kappa shape index (κ2) is 6.14. The summed E-state index contributed by atoms with van der Waals surface area (Å²) >= 11 is 0. The second-order valence-electron chi connectivity index (χ2n) is 5.62. The molecule has 23 heavy (non-hydrogen) atoms. The van der Waals surface area contributed by atoms with Crippen LogP contribution in [0.5, 0.6) is 0 Å². The Hall–Kier alpha value is -2.18. The number of carbonyl (C=O) groups excluding carboxylic acids is 1. The largest absolute Gasteiger partial charge is 0.326 e. The molecule has 0 radical (unpaired) electrons. The number of benzene rings is 2. The molecule has 2 aromatic rings. The SMILES string of the molecule is CC(=O)Nc1ccc(S(=O)(=O)N[C@@H]2CCc3ccccc32)cc1. The highest BCUT2D eigenvalue weighted by atomic mass is 32.2. The van der Waals surface area contributed by atoms with Gasteiger partial charge in [0, 0.05) is 18.7 Å². The van der Waals surface area contributed by atoms with Crippen LogP contribution >= 0.6 is 0 Å². The lowest BCUT2D eigenvalue weighted by atomic mass is 10.1. The molecule has 2 N–H and O–H groups in total. The standard InChI is InChI=1S/C17H18N2O3S/c1-12(20)18-14-7-9-15(10-8-14)23(21,22)19-17-11-6-13-4-2-3-5-16(13)17/h2-5,7-10,17,19H,6,11H2,1H3,(H,18,20)/t17-/m1/s1. The molecule has 0 aliphatic heterocycles. The lowest BCUT2D eigenvalue weighted by Gasteiger charge is -2.14. The molecule has 1 atom stereocenters. The Morgan fingerprint density at radius 2 is 1.78 bits per heavy atom. The molecular formula is C17H18N2O3S. The zero-order valence-corrected chi connectivity index (χ0v) is 13.6. The average Bonchev–Trinajstić information content (AvgIpc) is 2.90. The quantitative estimate of drug-likeness (QED) is 0.905. The maximum Gasteiger partial charge on any atom is 0.241 e. The second-order valence-corrected chi connectivity index (χ2v) is 7.33. The first kappa shape index (κ1) is 15.7. The molecule has 0 unspecified atom stereocenters. The van der Waals surface area contributed by atoms with Crippen molar-refractivity contribution >= 4 is 21.6 Å². The number of amides is 1. The first-order valence-electron chi connectivity index (χ1n) is 7.43. The molecule has 2 aromatic carbocycles. The maximum absolute atomic E-state index is 12.5. The minimum absolute atomic E-state index is 0.189. The van der Waals surface area contributed by atoms with Gasteiger partial charge in [0.05, 0.1) is 4.90 Å². The van der Waals surface area contributed by atoms with Crippen molar-refractivity contribution in [2.45, 2.75) is 30.7 Å². The fraction of sp³-hybridized carbons (Fsp3) is 0.235. The van der Waals surface area contributed by atoms with Crippen LogP contribution in [0.3, 0.4) is 0 Å². The number of anilines is 1. The van der Waals surface area contributed by atoms with Crippen LogP contribution in [-0.2, 0) is 21.2 Å². The van der Waals surface area contributed by atoms with Gasteiger partial charge in [0.25, 0.3) is 0 Å². The summed E-state index contributed by atoms with van der Waals surface area (Å²) in [5, 5.41) is 2.62. The van der Waals surface area contributed by atoms with Gasteiger partial charge in [0.15, 0.2) is 0 Å².